The molecule has 0 spiro atoms. The molecule has 0 aliphatic carbocycles. The van der Waals surface area contributed by atoms with Crippen LogP contribution in [-0.2, 0) is 4.57 Å². The summed E-state index contributed by atoms with van der Waals surface area (Å²) in [6, 6.07) is 4.11. The normalized spacial score (nSPS) is 10.1. The second-order valence-corrected chi connectivity index (χ2v) is 9.74. The van der Waals surface area contributed by atoms with Crippen LogP contribution in [0.15, 0.2) is 22.6 Å². The molecule has 0 amide bonds. The molecule has 11 heteroatoms. The molecule has 112 valence electrons. The molecule has 0 atom stereocenters. The van der Waals surface area contributed by atoms with E-state index in [9.17, 15) is 14.7 Å². The summed E-state index contributed by atoms with van der Waals surface area (Å²) in [5.41, 5.74) is 0.798. The van der Waals surface area contributed by atoms with Crippen molar-refractivity contribution in [2.24, 2.45) is 0 Å². The standard InChI is InChI=1S/C7H3ClN2O3.C2H6.Cl3OP/c8-7-9-5-3-4(10(11)12)1-2-6(5)13-7;1-2;1-5(2,3)4/h1-3H;1-2H3;. The molecule has 1 aromatic heterocycles. The smallest absolute Gasteiger partial charge is 0.339 e. The van der Waals surface area contributed by atoms with Crippen molar-refractivity contribution < 1.29 is 13.9 Å². The summed E-state index contributed by atoms with van der Waals surface area (Å²) in [5, 5.41) is 7.13. The van der Waals surface area contributed by atoms with Crippen molar-refractivity contribution in [2.45, 2.75) is 13.8 Å². The van der Waals surface area contributed by atoms with Crippen molar-refractivity contribution in [3.05, 3.63) is 33.7 Å². The highest BCUT2D eigenvalue weighted by Crippen LogP contribution is 2.61. The van der Waals surface area contributed by atoms with Crippen LogP contribution < -0.4 is 0 Å². The Morgan fingerprint density at radius 2 is 1.80 bits per heavy atom. The van der Waals surface area contributed by atoms with Gasteiger partial charge in [-0.25, -0.2) is 0 Å². The summed E-state index contributed by atoms with van der Waals surface area (Å²) < 4.78 is 14.4. The van der Waals surface area contributed by atoms with E-state index in [1.807, 2.05) is 13.8 Å². The maximum absolute atomic E-state index is 10.4. The average Bonchev–Trinajstić information content (AvgIpc) is 2.68. The minimum atomic E-state index is -3.22. The largest absolute Gasteiger partial charge is 0.428 e. The van der Waals surface area contributed by atoms with Gasteiger partial charge < -0.3 is 4.42 Å². The molecule has 0 unspecified atom stereocenters. The molecule has 6 nitrogen and oxygen atoms in total. The fourth-order valence-corrected chi connectivity index (χ4v) is 1.18. The number of halogens is 4. The van der Waals surface area contributed by atoms with Crippen LogP contribution in [0.3, 0.4) is 0 Å². The predicted octanol–water partition coefficient (Wildman–Crippen LogP) is 6.23. The third-order valence-electron chi connectivity index (χ3n) is 1.56. The van der Waals surface area contributed by atoms with Gasteiger partial charge in [-0.3, -0.25) is 14.7 Å². The molecule has 0 saturated carbocycles. The lowest BCUT2D eigenvalue weighted by Crippen LogP contribution is -1.86. The molecule has 0 N–H and O–H groups in total. The summed E-state index contributed by atoms with van der Waals surface area (Å²) in [5.74, 6) is 0. The first-order valence-electron chi connectivity index (χ1n) is 5.06. The molecule has 2 rings (SSSR count). The Kier molecular flexibility index (Phi) is 8.47. The molecule has 2 aromatic rings. The number of fused-ring (bicyclic) bond motifs is 1. The number of nitro groups is 1. The minimum absolute atomic E-state index is 0.0181. The van der Waals surface area contributed by atoms with Gasteiger partial charge in [0, 0.05) is 12.1 Å². The molecule has 0 aliphatic heterocycles. The Balaban J connectivity index is 0.000000441. The van der Waals surface area contributed by atoms with E-state index in [2.05, 4.69) is 38.7 Å². The van der Waals surface area contributed by atoms with Gasteiger partial charge in [0.05, 0.1) is 4.92 Å². The van der Waals surface area contributed by atoms with Crippen molar-refractivity contribution in [1.29, 1.82) is 0 Å². The number of nitro benzene ring substituents is 1. The van der Waals surface area contributed by atoms with Gasteiger partial charge in [-0.1, -0.05) is 13.8 Å². The number of oxazole rings is 1. The summed E-state index contributed by atoms with van der Waals surface area (Å²) in [6.07, 6.45) is 0. The first kappa shape index (κ1) is 19.5. The van der Waals surface area contributed by atoms with E-state index < -0.39 is 10.1 Å². The molecule has 0 bridgehead atoms. The van der Waals surface area contributed by atoms with Crippen molar-refractivity contribution >= 4 is 67.3 Å². The lowest BCUT2D eigenvalue weighted by Gasteiger charge is -1.88. The molecule has 0 radical (unpaired) electrons. The fourth-order valence-electron chi connectivity index (χ4n) is 1.00. The average molecular weight is 382 g/mol. The van der Waals surface area contributed by atoms with E-state index in [1.165, 1.54) is 18.2 Å². The number of rotatable bonds is 1. The van der Waals surface area contributed by atoms with Crippen LogP contribution in [0.1, 0.15) is 13.8 Å². The lowest BCUT2D eigenvalue weighted by atomic mass is 10.3. The van der Waals surface area contributed by atoms with Crippen molar-refractivity contribution in [3.8, 4) is 0 Å². The number of hydrogen-bond acceptors (Lipinski definition) is 5. The van der Waals surface area contributed by atoms with E-state index in [0.717, 1.165) is 0 Å². The molecule has 1 aromatic carbocycles. The molecule has 0 saturated heterocycles. The van der Waals surface area contributed by atoms with E-state index in [0.29, 0.717) is 11.1 Å². The zero-order valence-corrected chi connectivity index (χ0v) is 14.1. The van der Waals surface area contributed by atoms with E-state index >= 15 is 0 Å². The van der Waals surface area contributed by atoms with Gasteiger partial charge in [-0.15, -0.1) is 0 Å². The molecule has 20 heavy (non-hydrogen) atoms. The third kappa shape index (κ3) is 7.92. The highest BCUT2D eigenvalue weighted by molar-refractivity contribution is 8.24. The van der Waals surface area contributed by atoms with Crippen molar-refractivity contribution in [2.75, 3.05) is 0 Å². The van der Waals surface area contributed by atoms with E-state index in [4.69, 9.17) is 16.0 Å². The van der Waals surface area contributed by atoms with Crippen LogP contribution in [0.2, 0.25) is 5.35 Å². The van der Waals surface area contributed by atoms with Crippen LogP contribution in [-0.4, -0.2) is 9.91 Å². The van der Waals surface area contributed by atoms with Gasteiger partial charge in [-0.2, -0.15) is 4.98 Å². The second-order valence-electron chi connectivity index (χ2n) is 2.77. The Morgan fingerprint density at radius 3 is 2.25 bits per heavy atom. The monoisotopic (exact) mass is 380 g/mol. The predicted molar refractivity (Wildman–Crippen MR) is 82.2 cm³/mol. The van der Waals surface area contributed by atoms with Crippen LogP contribution in [0.25, 0.3) is 11.1 Å². The summed E-state index contributed by atoms with van der Waals surface area (Å²) in [7, 11) is 0. The summed E-state index contributed by atoms with van der Waals surface area (Å²) in [4.78, 5) is 13.6. The number of aromatic nitrogens is 1. The van der Waals surface area contributed by atoms with Gasteiger partial charge in [0.25, 0.3) is 11.0 Å². The van der Waals surface area contributed by atoms with Gasteiger partial charge in [-0.05, 0) is 51.4 Å². The Hall–Kier alpha value is -0.520. The quantitative estimate of drug-likeness (QED) is 0.332. The summed E-state index contributed by atoms with van der Waals surface area (Å²) >= 11 is 19.3. The number of benzene rings is 1. The molecule has 0 aliphatic rings. The first-order chi connectivity index (χ1) is 9.16. The first-order valence-corrected chi connectivity index (χ1v) is 9.86. The van der Waals surface area contributed by atoms with Crippen molar-refractivity contribution in [3.63, 3.8) is 0 Å². The van der Waals surface area contributed by atoms with E-state index in [-0.39, 0.29) is 11.0 Å². The third-order valence-corrected chi connectivity index (χ3v) is 1.72. The number of hydrogen-bond donors (Lipinski definition) is 0. The minimum Gasteiger partial charge on any atom is -0.428 e. The zero-order chi connectivity index (χ0) is 15.9. The highest BCUT2D eigenvalue weighted by Gasteiger charge is 2.09. The van der Waals surface area contributed by atoms with Crippen LogP contribution in [0.4, 0.5) is 5.69 Å². The maximum Gasteiger partial charge on any atom is 0.339 e. The molecule has 1 heterocycles. The van der Waals surface area contributed by atoms with Gasteiger partial charge in [0.15, 0.2) is 5.58 Å². The molecular formula is C9H9Cl4N2O4P. The SMILES string of the molecule is CC.O=P(Cl)(Cl)Cl.O=[N+]([O-])c1ccc2oc(Cl)nc2c1. The topological polar surface area (TPSA) is 86.2 Å². The van der Waals surface area contributed by atoms with Gasteiger partial charge in [0.2, 0.25) is 0 Å². The highest BCUT2D eigenvalue weighted by atomic mass is 36.0. The number of non-ortho nitro benzene ring substituents is 1. The molecular weight excluding hydrogens is 373 g/mol. The van der Waals surface area contributed by atoms with Crippen molar-refractivity contribution in [1.82, 2.24) is 4.98 Å². The van der Waals surface area contributed by atoms with Crippen LogP contribution in [0.5, 0.6) is 0 Å². The Morgan fingerprint density at radius 1 is 1.30 bits per heavy atom. The van der Waals surface area contributed by atoms with Crippen LogP contribution >= 0.6 is 50.5 Å². The van der Waals surface area contributed by atoms with Gasteiger partial charge >= 0.3 is 5.20 Å². The zero-order valence-electron chi connectivity index (χ0n) is 10.2. The maximum atomic E-state index is 10.4. The number of nitrogens with zero attached hydrogens (tertiary/aromatic N) is 2. The van der Waals surface area contributed by atoms with E-state index in [1.54, 1.807) is 0 Å². The molecule has 0 fully saturated rings. The van der Waals surface area contributed by atoms with Gasteiger partial charge in [0.1, 0.15) is 5.52 Å². The lowest BCUT2D eigenvalue weighted by molar-refractivity contribution is -0.384. The Bertz CT molecular complexity index is 619. The fraction of sp³-hybridized carbons (Fsp3) is 0.222. The Labute approximate surface area is 133 Å². The summed E-state index contributed by atoms with van der Waals surface area (Å²) in [6.45, 7) is 4.00. The van der Waals surface area contributed by atoms with Crippen LogP contribution in [0, 0.1) is 10.1 Å². The second kappa shape index (κ2) is 8.70.